The number of aryl methyl sites for hydroxylation is 1. The van der Waals surface area contributed by atoms with Crippen LogP contribution in [0.15, 0.2) is 29.6 Å². The molecule has 0 saturated heterocycles. The topological polar surface area (TPSA) is 32.7 Å². The largest absolute Gasteiger partial charge is 0.226 e. The molecule has 1 heterocycles. The number of para-hydroxylation sites is 1. The van der Waals surface area contributed by atoms with E-state index in [2.05, 4.69) is 11.4 Å². The molecule has 2 aliphatic rings. The van der Waals surface area contributed by atoms with E-state index in [-0.39, 0.29) is 0 Å². The summed E-state index contributed by atoms with van der Waals surface area (Å²) in [7, 11) is 0. The van der Waals surface area contributed by atoms with Crippen LogP contribution in [0.2, 0.25) is 0 Å². The highest BCUT2D eigenvalue weighted by atomic mass is 16.3. The second kappa shape index (κ2) is 5.09. The number of rotatable bonds is 2. The highest BCUT2D eigenvalue weighted by Crippen LogP contribution is 2.38. The van der Waals surface area contributed by atoms with Crippen LogP contribution in [0, 0.1) is 10.8 Å². The van der Waals surface area contributed by atoms with Gasteiger partial charge in [0, 0.05) is 0 Å². The van der Waals surface area contributed by atoms with Crippen molar-refractivity contribution in [2.75, 3.05) is 5.01 Å². The Balaban J connectivity index is 1.86. The zero-order valence-electron chi connectivity index (χ0n) is 10.7. The molecule has 1 atom stereocenters. The first-order valence-corrected chi connectivity index (χ1v) is 7.10. The third-order valence-corrected chi connectivity index (χ3v) is 4.54. The van der Waals surface area contributed by atoms with Crippen LogP contribution in [-0.4, -0.2) is 6.04 Å². The average molecular weight is 244 g/mol. The molecule has 0 amide bonds. The first-order valence-electron chi connectivity index (χ1n) is 7.10. The normalized spacial score (nSPS) is 24.7. The van der Waals surface area contributed by atoms with Crippen LogP contribution in [0.1, 0.15) is 44.1 Å². The van der Waals surface area contributed by atoms with E-state index in [1.54, 1.807) is 5.01 Å². The second-order valence-corrected chi connectivity index (χ2v) is 5.56. The van der Waals surface area contributed by atoms with E-state index in [0.29, 0.717) is 12.0 Å². The number of nitroso groups, excluding NO2 is 1. The quantitative estimate of drug-likeness (QED) is 0.735. The van der Waals surface area contributed by atoms with E-state index in [9.17, 15) is 4.91 Å². The minimum Gasteiger partial charge on any atom is -0.226 e. The number of benzene rings is 1. The number of fused-ring (bicyclic) bond motifs is 1. The monoisotopic (exact) mass is 244 g/mol. The first-order chi connectivity index (χ1) is 8.90. The lowest BCUT2D eigenvalue weighted by Gasteiger charge is -2.39. The summed E-state index contributed by atoms with van der Waals surface area (Å²) in [5.41, 5.74) is 2.30. The smallest absolute Gasteiger partial charge is 0.0661 e. The van der Waals surface area contributed by atoms with Gasteiger partial charge in [0.05, 0.1) is 17.0 Å². The number of hydrogen-bond donors (Lipinski definition) is 0. The summed E-state index contributed by atoms with van der Waals surface area (Å²) in [6.07, 6.45) is 8.67. The number of nitrogens with zero attached hydrogens (tertiary/aromatic N) is 2. The van der Waals surface area contributed by atoms with Crippen molar-refractivity contribution in [3.8, 4) is 0 Å². The SMILES string of the molecule is O=NN1c2ccccc2CCC1C1CCCCC1. The molecule has 0 spiro atoms. The van der Waals surface area contributed by atoms with Gasteiger partial charge >= 0.3 is 0 Å². The van der Waals surface area contributed by atoms with E-state index in [0.717, 1.165) is 18.5 Å². The van der Waals surface area contributed by atoms with Crippen LogP contribution < -0.4 is 5.01 Å². The molecule has 0 N–H and O–H groups in total. The van der Waals surface area contributed by atoms with Gasteiger partial charge in [0.15, 0.2) is 0 Å². The van der Waals surface area contributed by atoms with Crippen molar-refractivity contribution in [3.63, 3.8) is 0 Å². The predicted molar refractivity (Wildman–Crippen MR) is 73.4 cm³/mol. The molecule has 1 aromatic carbocycles. The maximum absolute atomic E-state index is 11.3. The highest BCUT2D eigenvalue weighted by Gasteiger charge is 2.33. The Hall–Kier alpha value is -1.38. The third kappa shape index (κ3) is 2.02. The average Bonchev–Trinajstić information content (AvgIpc) is 2.47. The summed E-state index contributed by atoms with van der Waals surface area (Å²) in [4.78, 5) is 11.3. The lowest BCUT2D eigenvalue weighted by Crippen LogP contribution is -2.41. The Morgan fingerprint density at radius 2 is 1.83 bits per heavy atom. The van der Waals surface area contributed by atoms with Gasteiger partial charge < -0.3 is 0 Å². The van der Waals surface area contributed by atoms with Crippen LogP contribution in [0.5, 0.6) is 0 Å². The van der Waals surface area contributed by atoms with Crippen molar-refractivity contribution in [1.82, 2.24) is 0 Å². The zero-order chi connectivity index (χ0) is 12.4. The lowest BCUT2D eigenvalue weighted by molar-refractivity contribution is 0.278. The molecule has 0 radical (unpaired) electrons. The fourth-order valence-electron chi connectivity index (χ4n) is 3.61. The van der Waals surface area contributed by atoms with Crippen LogP contribution in [-0.2, 0) is 6.42 Å². The molecule has 3 nitrogen and oxygen atoms in total. The summed E-state index contributed by atoms with van der Waals surface area (Å²) in [5.74, 6) is 0.657. The van der Waals surface area contributed by atoms with Gasteiger partial charge in [-0.2, -0.15) is 0 Å². The predicted octanol–water partition coefficient (Wildman–Crippen LogP) is 4.07. The Bertz CT molecular complexity index is 426. The van der Waals surface area contributed by atoms with E-state index in [1.165, 1.54) is 37.7 Å². The van der Waals surface area contributed by atoms with Gasteiger partial charge in [0.2, 0.25) is 0 Å². The van der Waals surface area contributed by atoms with Crippen LogP contribution >= 0.6 is 0 Å². The molecule has 1 fully saturated rings. The second-order valence-electron chi connectivity index (χ2n) is 5.56. The summed E-state index contributed by atoms with van der Waals surface area (Å²) in [6, 6.07) is 8.52. The molecule has 1 saturated carbocycles. The molecule has 0 bridgehead atoms. The van der Waals surface area contributed by atoms with Crippen molar-refractivity contribution in [2.24, 2.45) is 11.2 Å². The van der Waals surface area contributed by atoms with Crippen molar-refractivity contribution < 1.29 is 0 Å². The molecule has 1 aliphatic carbocycles. The van der Waals surface area contributed by atoms with E-state index >= 15 is 0 Å². The first kappa shape index (κ1) is 11.7. The minimum absolute atomic E-state index is 0.331. The molecule has 96 valence electrons. The number of hydrogen-bond acceptors (Lipinski definition) is 2. The molecule has 18 heavy (non-hydrogen) atoms. The summed E-state index contributed by atoms with van der Waals surface area (Å²) in [5, 5.41) is 5.09. The molecule has 1 unspecified atom stereocenters. The Kier molecular flexibility index (Phi) is 3.31. The molecular formula is C15H20N2O. The molecular weight excluding hydrogens is 224 g/mol. The van der Waals surface area contributed by atoms with Crippen LogP contribution in [0.25, 0.3) is 0 Å². The summed E-state index contributed by atoms with van der Waals surface area (Å²) in [6.45, 7) is 0. The Labute approximate surface area is 108 Å². The molecule has 3 rings (SSSR count). The van der Waals surface area contributed by atoms with Crippen molar-refractivity contribution in [2.45, 2.75) is 51.0 Å². The maximum atomic E-state index is 11.3. The maximum Gasteiger partial charge on any atom is 0.0661 e. The van der Waals surface area contributed by atoms with Crippen molar-refractivity contribution in [3.05, 3.63) is 34.7 Å². The lowest BCUT2D eigenvalue weighted by atomic mass is 9.80. The van der Waals surface area contributed by atoms with Gasteiger partial charge in [-0.25, -0.2) is 5.01 Å². The van der Waals surface area contributed by atoms with Crippen molar-refractivity contribution >= 4 is 5.69 Å². The third-order valence-electron chi connectivity index (χ3n) is 4.54. The zero-order valence-corrected chi connectivity index (χ0v) is 10.7. The Morgan fingerprint density at radius 3 is 2.61 bits per heavy atom. The molecule has 1 aromatic rings. The minimum atomic E-state index is 0.331. The molecule has 1 aliphatic heterocycles. The van der Waals surface area contributed by atoms with E-state index in [1.807, 2.05) is 18.2 Å². The van der Waals surface area contributed by atoms with Gasteiger partial charge in [-0.1, -0.05) is 37.5 Å². The van der Waals surface area contributed by atoms with Crippen LogP contribution in [0.3, 0.4) is 0 Å². The van der Waals surface area contributed by atoms with E-state index < -0.39 is 0 Å². The number of anilines is 1. The molecule has 3 heteroatoms. The van der Waals surface area contributed by atoms with Gasteiger partial charge in [-0.3, -0.25) is 0 Å². The standard InChI is InChI=1S/C15H20N2O/c18-16-17-14-9-5-4-8-13(14)10-11-15(17)12-6-2-1-3-7-12/h4-5,8-9,12,15H,1-3,6-7,10-11H2. The van der Waals surface area contributed by atoms with Gasteiger partial charge in [-0.15, -0.1) is 4.91 Å². The fraction of sp³-hybridized carbons (Fsp3) is 0.600. The van der Waals surface area contributed by atoms with Gasteiger partial charge in [0.25, 0.3) is 0 Å². The fourth-order valence-corrected chi connectivity index (χ4v) is 3.61. The van der Waals surface area contributed by atoms with E-state index in [4.69, 9.17) is 0 Å². The highest BCUT2D eigenvalue weighted by molar-refractivity contribution is 5.55. The van der Waals surface area contributed by atoms with Gasteiger partial charge in [-0.05, 0) is 43.2 Å². The molecule has 0 aromatic heterocycles. The van der Waals surface area contributed by atoms with Gasteiger partial charge in [0.1, 0.15) is 0 Å². The Morgan fingerprint density at radius 1 is 1.06 bits per heavy atom. The van der Waals surface area contributed by atoms with Crippen molar-refractivity contribution in [1.29, 1.82) is 0 Å². The summed E-state index contributed by atoms with van der Waals surface area (Å²) < 4.78 is 0. The summed E-state index contributed by atoms with van der Waals surface area (Å²) >= 11 is 0. The van der Waals surface area contributed by atoms with Crippen LogP contribution in [0.4, 0.5) is 5.69 Å².